The third-order valence-electron chi connectivity index (χ3n) is 5.78. The number of carbonyl (C=O) groups is 1. The van der Waals surface area contributed by atoms with Gasteiger partial charge in [0, 0.05) is 10.3 Å². The van der Waals surface area contributed by atoms with Gasteiger partial charge < -0.3 is 4.74 Å². The van der Waals surface area contributed by atoms with Gasteiger partial charge in [-0.1, -0.05) is 69.5 Å². The molecule has 2 heterocycles. The van der Waals surface area contributed by atoms with Gasteiger partial charge in [0.1, 0.15) is 10.6 Å². The topological polar surface area (TPSA) is 26.3 Å². The van der Waals surface area contributed by atoms with Crippen molar-refractivity contribution in [3.05, 3.63) is 75.5 Å². The second-order valence-corrected chi connectivity index (χ2v) is 10.7. The van der Waals surface area contributed by atoms with Crippen LogP contribution >= 0.6 is 22.7 Å². The van der Waals surface area contributed by atoms with Crippen molar-refractivity contribution in [2.75, 3.05) is 0 Å². The third kappa shape index (κ3) is 5.13. The molecule has 2 aromatic carbocycles. The van der Waals surface area contributed by atoms with Crippen LogP contribution in [0.3, 0.4) is 0 Å². The number of thiophene rings is 2. The molecule has 0 radical (unpaired) electrons. The highest BCUT2D eigenvalue weighted by atomic mass is 32.2. The van der Waals surface area contributed by atoms with E-state index in [4.69, 9.17) is 4.74 Å². The summed E-state index contributed by atoms with van der Waals surface area (Å²) in [5, 5.41) is 1.16. The number of unbranched alkanes of at least 4 members (excludes halogenated alkanes) is 2. The van der Waals surface area contributed by atoms with Gasteiger partial charge in [-0.2, -0.15) is 0 Å². The van der Waals surface area contributed by atoms with Gasteiger partial charge in [-0.15, -0.1) is 22.7 Å². The summed E-state index contributed by atoms with van der Waals surface area (Å²) >= 11 is 3.35. The van der Waals surface area contributed by atoms with E-state index in [2.05, 4.69) is 50.2 Å². The number of esters is 1. The van der Waals surface area contributed by atoms with Gasteiger partial charge in [-0.3, -0.25) is 0 Å². The number of benzene rings is 2. The number of rotatable bonds is 9. The predicted octanol–water partition coefficient (Wildman–Crippen LogP) is 8.84. The number of carbonyl (C=O) groups excluding carboxylic acids is 1. The summed E-state index contributed by atoms with van der Waals surface area (Å²) in [6.45, 7) is 6.44. The Balaban J connectivity index is 1.49. The number of ether oxygens (including phenoxy) is 1. The van der Waals surface area contributed by atoms with E-state index in [9.17, 15) is 4.79 Å². The molecule has 4 rings (SSSR count). The molecule has 166 valence electrons. The molecule has 0 spiro atoms. The highest BCUT2D eigenvalue weighted by Gasteiger charge is 2.17. The Morgan fingerprint density at radius 3 is 2.44 bits per heavy atom. The van der Waals surface area contributed by atoms with Crippen LogP contribution in [0.5, 0.6) is 5.75 Å². The Bertz CT molecular complexity index is 1170. The van der Waals surface area contributed by atoms with Gasteiger partial charge in [0.25, 0.3) is 0 Å². The van der Waals surface area contributed by atoms with Crippen LogP contribution in [0, 0.1) is 6.92 Å². The number of hydrogen-bond acceptors (Lipinski definition) is 4. The van der Waals surface area contributed by atoms with E-state index >= 15 is 0 Å². The summed E-state index contributed by atoms with van der Waals surface area (Å²) in [7, 11) is 0. The first-order chi connectivity index (χ1) is 15.6. The van der Waals surface area contributed by atoms with E-state index in [-0.39, 0.29) is 5.97 Å². The third-order valence-corrected chi connectivity index (χ3v) is 8.21. The Morgan fingerprint density at radius 2 is 1.72 bits per heavy atom. The quantitative estimate of drug-likeness (QED) is 0.141. The second-order valence-electron chi connectivity index (χ2n) is 8.29. The second kappa shape index (κ2) is 10.5. The van der Waals surface area contributed by atoms with E-state index in [1.54, 1.807) is 11.3 Å². The fourth-order valence-electron chi connectivity index (χ4n) is 3.99. The van der Waals surface area contributed by atoms with Crippen molar-refractivity contribution >= 4 is 38.0 Å². The van der Waals surface area contributed by atoms with Gasteiger partial charge in [0.15, 0.2) is 0 Å². The zero-order valence-electron chi connectivity index (χ0n) is 19.1. The van der Waals surface area contributed by atoms with Crippen molar-refractivity contribution in [1.29, 1.82) is 0 Å². The smallest absolute Gasteiger partial charge is 0.353 e. The van der Waals surface area contributed by atoms with Crippen LogP contribution in [0.2, 0.25) is 0 Å². The largest absolute Gasteiger partial charge is 0.422 e. The molecule has 32 heavy (non-hydrogen) atoms. The molecule has 2 nitrogen and oxygen atoms in total. The van der Waals surface area contributed by atoms with Gasteiger partial charge in [-0.05, 0) is 66.6 Å². The summed E-state index contributed by atoms with van der Waals surface area (Å²) in [5.74, 6) is 0.353. The summed E-state index contributed by atoms with van der Waals surface area (Å²) in [6, 6.07) is 18.8. The Labute approximate surface area is 198 Å². The number of hydrogen-bond donors (Lipinski definition) is 0. The van der Waals surface area contributed by atoms with Crippen molar-refractivity contribution in [2.45, 2.75) is 59.3 Å². The van der Waals surface area contributed by atoms with Crippen LogP contribution in [-0.2, 0) is 12.8 Å². The Kier molecular flexibility index (Phi) is 7.44. The fraction of sp³-hybridized carbons (Fsp3) is 0.321. The molecule has 0 atom stereocenters. The number of aryl methyl sites for hydroxylation is 2. The van der Waals surface area contributed by atoms with Crippen molar-refractivity contribution < 1.29 is 9.53 Å². The normalized spacial score (nSPS) is 11.2. The van der Waals surface area contributed by atoms with Crippen LogP contribution in [0.25, 0.3) is 20.5 Å². The van der Waals surface area contributed by atoms with Gasteiger partial charge in [-0.25, -0.2) is 4.79 Å². The van der Waals surface area contributed by atoms with E-state index < -0.39 is 0 Å². The molecule has 0 aliphatic heterocycles. The summed E-state index contributed by atoms with van der Waals surface area (Å²) in [6.07, 6.45) is 7.10. The van der Waals surface area contributed by atoms with Crippen molar-refractivity contribution in [1.82, 2.24) is 0 Å². The zero-order valence-corrected chi connectivity index (χ0v) is 20.7. The molecule has 2 aromatic heterocycles. The van der Waals surface area contributed by atoms with Crippen LogP contribution < -0.4 is 4.74 Å². The van der Waals surface area contributed by atoms with Gasteiger partial charge in [0.2, 0.25) is 0 Å². The maximum absolute atomic E-state index is 12.9. The van der Waals surface area contributed by atoms with E-state index in [1.165, 1.54) is 33.7 Å². The minimum absolute atomic E-state index is 0.274. The first-order valence-electron chi connectivity index (χ1n) is 11.5. The lowest BCUT2D eigenvalue weighted by Crippen LogP contribution is -2.07. The summed E-state index contributed by atoms with van der Waals surface area (Å²) in [4.78, 5) is 15.0. The predicted molar refractivity (Wildman–Crippen MR) is 138 cm³/mol. The van der Waals surface area contributed by atoms with Crippen molar-refractivity contribution in [2.24, 2.45) is 0 Å². The standard InChI is InChI=1S/C28H30O2S2/c1-4-6-7-10-23-17-22-18-26(32-28(22)31-23)27(29)30-25-12-8-11-24(19(25)3)21-15-13-20(9-5-2)14-16-21/h8,11-18H,4-7,9-10H2,1-3H3. The lowest BCUT2D eigenvalue weighted by Gasteiger charge is -2.12. The van der Waals surface area contributed by atoms with Crippen LogP contribution in [0.1, 0.15) is 65.2 Å². The average Bonchev–Trinajstić information content (AvgIpc) is 3.35. The molecule has 4 heteroatoms. The highest BCUT2D eigenvalue weighted by Crippen LogP contribution is 2.36. The Hall–Kier alpha value is -2.43. The average molecular weight is 463 g/mol. The fourth-order valence-corrected chi connectivity index (χ4v) is 6.40. The SMILES string of the molecule is CCCCCc1cc2cc(C(=O)Oc3cccc(-c4ccc(CCC)cc4)c3C)sc2s1. The minimum Gasteiger partial charge on any atom is -0.422 e. The summed E-state index contributed by atoms with van der Waals surface area (Å²) < 4.78 is 7.05. The molecule has 0 saturated heterocycles. The van der Waals surface area contributed by atoms with E-state index in [1.807, 2.05) is 36.5 Å². The number of fused-ring (bicyclic) bond motifs is 1. The minimum atomic E-state index is -0.274. The molecule has 0 aliphatic carbocycles. The van der Waals surface area contributed by atoms with E-state index in [0.717, 1.165) is 41.3 Å². The molecule has 0 bridgehead atoms. The molecule has 0 aliphatic rings. The van der Waals surface area contributed by atoms with Gasteiger partial charge in [0.05, 0.1) is 4.01 Å². The maximum atomic E-state index is 12.9. The lowest BCUT2D eigenvalue weighted by molar-refractivity contribution is 0.0739. The maximum Gasteiger partial charge on any atom is 0.353 e. The molecule has 4 aromatic rings. The first kappa shape index (κ1) is 22.8. The van der Waals surface area contributed by atoms with Crippen molar-refractivity contribution in [3.8, 4) is 16.9 Å². The summed E-state index contributed by atoms with van der Waals surface area (Å²) in [5.41, 5.74) is 4.58. The Morgan fingerprint density at radius 1 is 0.906 bits per heavy atom. The molecular weight excluding hydrogens is 432 g/mol. The zero-order chi connectivity index (χ0) is 22.5. The highest BCUT2D eigenvalue weighted by molar-refractivity contribution is 7.39. The van der Waals surface area contributed by atoms with Crippen LogP contribution in [0.15, 0.2) is 54.6 Å². The van der Waals surface area contributed by atoms with E-state index in [0.29, 0.717) is 10.6 Å². The molecule has 0 unspecified atom stereocenters. The lowest BCUT2D eigenvalue weighted by atomic mass is 9.98. The monoisotopic (exact) mass is 462 g/mol. The molecule has 0 amide bonds. The van der Waals surface area contributed by atoms with Gasteiger partial charge >= 0.3 is 5.97 Å². The van der Waals surface area contributed by atoms with Crippen molar-refractivity contribution in [3.63, 3.8) is 0 Å². The molecule has 0 N–H and O–H groups in total. The van der Waals surface area contributed by atoms with Crippen LogP contribution in [0.4, 0.5) is 0 Å². The molecule has 0 saturated carbocycles. The molecular formula is C28H30O2S2. The molecule has 0 fully saturated rings. The van der Waals surface area contributed by atoms with Crippen LogP contribution in [-0.4, -0.2) is 5.97 Å². The first-order valence-corrected chi connectivity index (χ1v) is 13.2.